The van der Waals surface area contributed by atoms with E-state index in [0.29, 0.717) is 5.69 Å². The summed E-state index contributed by atoms with van der Waals surface area (Å²) in [6.07, 6.45) is -2.37. The van der Waals surface area contributed by atoms with Gasteiger partial charge in [-0.05, 0) is 30.3 Å². The van der Waals surface area contributed by atoms with Crippen LogP contribution in [-0.2, 0) is 17.4 Å². The zero-order valence-corrected chi connectivity index (χ0v) is 13.5. The van der Waals surface area contributed by atoms with E-state index >= 15 is 0 Å². The summed E-state index contributed by atoms with van der Waals surface area (Å²) in [6.45, 7) is 3.39. The molecule has 136 valence electrons. The number of nitrogens with one attached hydrogen (secondary N) is 2. The maximum atomic E-state index is 12.6. The van der Waals surface area contributed by atoms with Gasteiger partial charge in [0, 0.05) is 30.4 Å². The van der Waals surface area contributed by atoms with E-state index in [1.807, 2.05) is 0 Å². The summed E-state index contributed by atoms with van der Waals surface area (Å²) in [5.41, 5.74) is -0.319. The number of amides is 2. The molecule has 0 unspecified atom stereocenters. The van der Waals surface area contributed by atoms with Gasteiger partial charge in [0.2, 0.25) is 5.91 Å². The van der Waals surface area contributed by atoms with Crippen LogP contribution < -0.4 is 10.6 Å². The molecule has 1 aromatic carbocycles. The number of benzene rings is 1. The number of anilines is 1. The van der Waals surface area contributed by atoms with Crippen LogP contribution in [0.2, 0.25) is 0 Å². The molecule has 0 aliphatic heterocycles. The van der Waals surface area contributed by atoms with Crippen LogP contribution in [0.1, 0.15) is 21.9 Å². The molecule has 0 fully saturated rings. The number of rotatable bonds is 6. The molecular weight excluding hydrogens is 349 g/mol. The highest BCUT2D eigenvalue weighted by atomic mass is 19.4. The molecule has 0 saturated carbocycles. The third-order valence-electron chi connectivity index (χ3n) is 3.21. The van der Waals surface area contributed by atoms with Crippen LogP contribution in [0.4, 0.5) is 18.9 Å². The Morgan fingerprint density at radius 3 is 2.69 bits per heavy atom. The van der Waals surface area contributed by atoms with Crippen LogP contribution in [0, 0.1) is 0 Å². The first-order chi connectivity index (χ1) is 12.3. The molecule has 2 rings (SSSR count). The molecular formula is C17H15F3N4O2. The van der Waals surface area contributed by atoms with Crippen molar-refractivity contribution in [1.29, 1.82) is 0 Å². The van der Waals surface area contributed by atoms with Crippen LogP contribution >= 0.6 is 0 Å². The highest BCUT2D eigenvalue weighted by Gasteiger charge is 2.32. The molecule has 0 radical (unpaired) electrons. The van der Waals surface area contributed by atoms with Crippen molar-refractivity contribution in [2.24, 2.45) is 0 Å². The maximum Gasteiger partial charge on any atom is 0.433 e. The number of carbonyl (C=O) groups is 2. The van der Waals surface area contributed by atoms with Gasteiger partial charge in [0.15, 0.2) is 0 Å². The van der Waals surface area contributed by atoms with Gasteiger partial charge in [0.1, 0.15) is 11.5 Å². The molecule has 2 N–H and O–H groups in total. The van der Waals surface area contributed by atoms with Crippen LogP contribution in [0.25, 0.3) is 0 Å². The predicted molar refractivity (Wildman–Crippen MR) is 88.3 cm³/mol. The number of alkyl halides is 3. The quantitative estimate of drug-likeness (QED) is 0.772. The van der Waals surface area contributed by atoms with Crippen LogP contribution in [0.3, 0.4) is 0 Å². The molecule has 0 aliphatic rings. The topological polar surface area (TPSA) is 84.0 Å². The van der Waals surface area contributed by atoms with E-state index < -0.39 is 23.7 Å². The lowest BCUT2D eigenvalue weighted by molar-refractivity contribution is -0.141. The van der Waals surface area contributed by atoms with Gasteiger partial charge in [-0.1, -0.05) is 12.6 Å². The van der Waals surface area contributed by atoms with Gasteiger partial charge in [0.05, 0.1) is 0 Å². The largest absolute Gasteiger partial charge is 0.433 e. The van der Waals surface area contributed by atoms with Gasteiger partial charge in [-0.2, -0.15) is 13.2 Å². The zero-order chi connectivity index (χ0) is 19.2. The Balaban J connectivity index is 1.94. The van der Waals surface area contributed by atoms with Gasteiger partial charge in [-0.3, -0.25) is 9.59 Å². The minimum Gasteiger partial charge on any atom is -0.352 e. The van der Waals surface area contributed by atoms with Gasteiger partial charge < -0.3 is 10.6 Å². The van der Waals surface area contributed by atoms with Gasteiger partial charge in [-0.25, -0.2) is 9.97 Å². The fraction of sp³-hybridized carbons (Fsp3) is 0.176. The SMILES string of the molecule is C=CC(=O)Nc1cccc(C(=O)NCCc2nccc(C(F)(F)F)n2)c1. The second-order valence-electron chi connectivity index (χ2n) is 5.14. The maximum absolute atomic E-state index is 12.6. The molecule has 1 heterocycles. The number of hydrogen-bond acceptors (Lipinski definition) is 4. The number of carbonyl (C=O) groups excluding carboxylic acids is 2. The molecule has 0 aliphatic carbocycles. The van der Waals surface area contributed by atoms with Gasteiger partial charge >= 0.3 is 6.18 Å². The van der Waals surface area contributed by atoms with E-state index in [-0.39, 0.29) is 24.4 Å². The Morgan fingerprint density at radius 2 is 2.00 bits per heavy atom. The second kappa shape index (κ2) is 8.24. The third-order valence-corrected chi connectivity index (χ3v) is 3.21. The first-order valence-corrected chi connectivity index (χ1v) is 7.50. The Kier molecular flexibility index (Phi) is 6.05. The lowest BCUT2D eigenvalue weighted by Crippen LogP contribution is -2.26. The number of halogens is 3. The highest BCUT2D eigenvalue weighted by molar-refractivity contribution is 6.00. The Labute approximate surface area is 147 Å². The van der Waals surface area contributed by atoms with Crippen molar-refractivity contribution in [3.05, 3.63) is 66.3 Å². The molecule has 2 amide bonds. The number of aromatic nitrogens is 2. The summed E-state index contributed by atoms with van der Waals surface area (Å²) in [6, 6.07) is 6.99. The van der Waals surface area contributed by atoms with Crippen molar-refractivity contribution < 1.29 is 22.8 Å². The monoisotopic (exact) mass is 364 g/mol. The van der Waals surface area contributed by atoms with Crippen molar-refractivity contribution in [2.75, 3.05) is 11.9 Å². The summed E-state index contributed by atoms with van der Waals surface area (Å²) < 4.78 is 37.8. The molecule has 0 saturated heterocycles. The third kappa shape index (κ3) is 5.40. The smallest absolute Gasteiger partial charge is 0.352 e. The lowest BCUT2D eigenvalue weighted by Gasteiger charge is -2.08. The fourth-order valence-electron chi connectivity index (χ4n) is 2.00. The number of hydrogen-bond donors (Lipinski definition) is 2. The normalized spacial score (nSPS) is 10.9. The standard InChI is InChI=1S/C17H15F3N4O2/c1-2-15(25)23-12-5-3-4-11(10-12)16(26)22-9-7-14-21-8-6-13(24-14)17(18,19)20/h2-6,8,10H,1,7,9H2,(H,22,26)(H,23,25). The number of nitrogens with zero attached hydrogens (tertiary/aromatic N) is 2. The average Bonchev–Trinajstić information content (AvgIpc) is 2.61. The minimum absolute atomic E-state index is 0.0212. The molecule has 26 heavy (non-hydrogen) atoms. The minimum atomic E-state index is -4.54. The van der Waals surface area contributed by atoms with Crippen LogP contribution in [-0.4, -0.2) is 28.3 Å². The molecule has 0 bridgehead atoms. The fourth-order valence-corrected chi connectivity index (χ4v) is 2.00. The Hall–Kier alpha value is -3.23. The lowest BCUT2D eigenvalue weighted by atomic mass is 10.2. The van der Waals surface area contributed by atoms with Crippen molar-refractivity contribution >= 4 is 17.5 Å². The average molecular weight is 364 g/mol. The second-order valence-corrected chi connectivity index (χ2v) is 5.14. The van der Waals surface area contributed by atoms with E-state index in [1.165, 1.54) is 6.07 Å². The molecule has 2 aromatic rings. The van der Waals surface area contributed by atoms with Crippen molar-refractivity contribution in [3.8, 4) is 0 Å². The summed E-state index contributed by atoms with van der Waals surface area (Å²) in [5, 5.41) is 5.09. The first kappa shape index (κ1) is 19.1. The van der Waals surface area contributed by atoms with Crippen molar-refractivity contribution in [3.63, 3.8) is 0 Å². The Bertz CT molecular complexity index is 822. The zero-order valence-electron chi connectivity index (χ0n) is 13.5. The summed E-state index contributed by atoms with van der Waals surface area (Å²) in [7, 11) is 0. The summed E-state index contributed by atoms with van der Waals surface area (Å²) >= 11 is 0. The Morgan fingerprint density at radius 1 is 1.23 bits per heavy atom. The van der Waals surface area contributed by atoms with Crippen LogP contribution in [0.15, 0.2) is 49.2 Å². The molecule has 0 spiro atoms. The molecule has 9 heteroatoms. The van der Waals surface area contributed by atoms with Gasteiger partial charge in [-0.15, -0.1) is 0 Å². The summed E-state index contributed by atoms with van der Waals surface area (Å²) in [4.78, 5) is 30.6. The first-order valence-electron chi connectivity index (χ1n) is 7.50. The van der Waals surface area contributed by atoms with E-state index in [2.05, 4.69) is 27.2 Å². The van der Waals surface area contributed by atoms with Crippen molar-refractivity contribution in [1.82, 2.24) is 15.3 Å². The summed E-state index contributed by atoms with van der Waals surface area (Å²) in [5.74, 6) is -0.872. The molecule has 6 nitrogen and oxygen atoms in total. The highest BCUT2D eigenvalue weighted by Crippen LogP contribution is 2.26. The van der Waals surface area contributed by atoms with E-state index in [4.69, 9.17) is 0 Å². The molecule has 0 atom stereocenters. The van der Waals surface area contributed by atoms with E-state index in [1.54, 1.807) is 18.2 Å². The van der Waals surface area contributed by atoms with Crippen molar-refractivity contribution in [2.45, 2.75) is 12.6 Å². The van der Waals surface area contributed by atoms with Gasteiger partial charge in [0.25, 0.3) is 5.91 Å². The molecule has 1 aromatic heterocycles. The van der Waals surface area contributed by atoms with E-state index in [9.17, 15) is 22.8 Å². The van der Waals surface area contributed by atoms with Crippen LogP contribution in [0.5, 0.6) is 0 Å². The van der Waals surface area contributed by atoms with E-state index in [0.717, 1.165) is 18.3 Å². The predicted octanol–water partition coefficient (Wildman–Crippen LogP) is 2.59.